The van der Waals surface area contributed by atoms with Gasteiger partial charge < -0.3 is 5.11 Å². The fraction of sp³-hybridized carbons (Fsp3) is 0.294. The Kier molecular flexibility index (Phi) is 3.72. The Hall–Kier alpha value is -1.67. The maximum Gasteiger partial charge on any atom is 0.131 e. The van der Waals surface area contributed by atoms with Crippen LogP contribution < -0.4 is 0 Å². The molecule has 1 N–H and O–H groups in total. The van der Waals surface area contributed by atoms with Gasteiger partial charge in [-0.1, -0.05) is 45.0 Å². The van der Waals surface area contributed by atoms with Crippen LogP contribution in [-0.4, -0.2) is 5.11 Å². The predicted molar refractivity (Wildman–Crippen MR) is 76.5 cm³/mol. The van der Waals surface area contributed by atoms with Crippen LogP contribution in [0, 0.1) is 5.82 Å². The van der Waals surface area contributed by atoms with Gasteiger partial charge in [-0.15, -0.1) is 0 Å². The summed E-state index contributed by atoms with van der Waals surface area (Å²) in [6, 6.07) is 12.6. The van der Waals surface area contributed by atoms with Gasteiger partial charge in [0.05, 0.1) is 6.61 Å². The van der Waals surface area contributed by atoms with Crippen LogP contribution >= 0.6 is 0 Å². The zero-order chi connectivity index (χ0) is 14.0. The maximum absolute atomic E-state index is 14.0. The molecule has 0 unspecified atom stereocenters. The first-order valence-electron chi connectivity index (χ1n) is 6.42. The number of benzene rings is 2. The first-order valence-corrected chi connectivity index (χ1v) is 6.42. The molecule has 0 aliphatic carbocycles. The summed E-state index contributed by atoms with van der Waals surface area (Å²) in [5.74, 6) is -0.233. The van der Waals surface area contributed by atoms with Crippen LogP contribution in [0.3, 0.4) is 0 Å². The van der Waals surface area contributed by atoms with Crippen molar-refractivity contribution in [3.63, 3.8) is 0 Å². The molecule has 0 radical (unpaired) electrons. The minimum absolute atomic E-state index is 0.0168. The van der Waals surface area contributed by atoms with Crippen molar-refractivity contribution < 1.29 is 9.50 Å². The minimum atomic E-state index is -0.233. The summed E-state index contributed by atoms with van der Waals surface area (Å²) in [6.07, 6.45) is 0. The van der Waals surface area contributed by atoms with Gasteiger partial charge in [0.25, 0.3) is 0 Å². The lowest BCUT2D eigenvalue weighted by Crippen LogP contribution is -2.11. The molecule has 0 bridgehead atoms. The van der Waals surface area contributed by atoms with E-state index in [0.29, 0.717) is 5.56 Å². The van der Waals surface area contributed by atoms with Crippen LogP contribution in [0.1, 0.15) is 31.9 Å². The molecule has 2 rings (SSSR count). The molecule has 0 atom stereocenters. The smallest absolute Gasteiger partial charge is 0.131 e. The van der Waals surface area contributed by atoms with Crippen molar-refractivity contribution in [1.82, 2.24) is 0 Å². The highest BCUT2D eigenvalue weighted by molar-refractivity contribution is 5.66. The number of rotatable bonds is 2. The Morgan fingerprint density at radius 3 is 2.42 bits per heavy atom. The number of hydrogen-bond acceptors (Lipinski definition) is 1. The summed E-state index contributed by atoms with van der Waals surface area (Å²) in [6.45, 7) is 6.28. The molecule has 0 aliphatic rings. The van der Waals surface area contributed by atoms with E-state index in [1.807, 2.05) is 36.4 Å². The van der Waals surface area contributed by atoms with Crippen LogP contribution in [0.5, 0.6) is 0 Å². The van der Waals surface area contributed by atoms with E-state index in [1.54, 1.807) is 0 Å². The second-order valence-electron chi connectivity index (χ2n) is 5.80. The quantitative estimate of drug-likeness (QED) is 0.852. The highest BCUT2D eigenvalue weighted by Gasteiger charge is 2.16. The van der Waals surface area contributed by atoms with Crippen LogP contribution in [-0.2, 0) is 12.0 Å². The molecule has 0 aliphatic heterocycles. The molecule has 0 aromatic heterocycles. The number of aliphatic hydroxyl groups is 1. The van der Waals surface area contributed by atoms with E-state index in [1.165, 1.54) is 6.07 Å². The van der Waals surface area contributed by atoms with Crippen LogP contribution in [0.15, 0.2) is 42.5 Å². The van der Waals surface area contributed by atoms with Crippen LogP contribution in [0.25, 0.3) is 11.1 Å². The molecule has 2 aromatic rings. The van der Waals surface area contributed by atoms with Crippen LogP contribution in [0.4, 0.5) is 4.39 Å². The van der Waals surface area contributed by atoms with Crippen molar-refractivity contribution in [3.05, 3.63) is 59.4 Å². The third kappa shape index (κ3) is 3.02. The summed E-state index contributed by atoms with van der Waals surface area (Å²) >= 11 is 0. The Morgan fingerprint density at radius 2 is 1.79 bits per heavy atom. The lowest BCUT2D eigenvalue weighted by molar-refractivity contribution is 0.282. The highest BCUT2D eigenvalue weighted by Crippen LogP contribution is 2.30. The van der Waals surface area contributed by atoms with Crippen LogP contribution in [0.2, 0.25) is 0 Å². The zero-order valence-electron chi connectivity index (χ0n) is 11.6. The molecule has 1 nitrogen and oxygen atoms in total. The SMILES string of the molecule is CC(C)(C)c1ccc(F)c(-c2cccc(CO)c2)c1. The summed E-state index contributed by atoms with van der Waals surface area (Å²) in [4.78, 5) is 0. The van der Waals surface area contributed by atoms with Gasteiger partial charge in [-0.05, 0) is 40.3 Å². The van der Waals surface area contributed by atoms with Gasteiger partial charge in [-0.3, -0.25) is 0 Å². The van der Waals surface area contributed by atoms with Gasteiger partial charge in [0, 0.05) is 5.56 Å². The molecule has 100 valence electrons. The Balaban J connectivity index is 2.54. The van der Waals surface area contributed by atoms with Crippen molar-refractivity contribution >= 4 is 0 Å². The normalized spacial score (nSPS) is 11.6. The van der Waals surface area contributed by atoms with Crippen molar-refractivity contribution in [2.75, 3.05) is 0 Å². The van der Waals surface area contributed by atoms with Gasteiger partial charge >= 0.3 is 0 Å². The summed E-state index contributed by atoms with van der Waals surface area (Å²) in [5.41, 5.74) is 3.26. The Bertz CT molecular complexity index is 582. The average molecular weight is 258 g/mol. The van der Waals surface area contributed by atoms with Gasteiger partial charge in [0.2, 0.25) is 0 Å². The minimum Gasteiger partial charge on any atom is -0.392 e. The number of hydrogen-bond donors (Lipinski definition) is 1. The second-order valence-corrected chi connectivity index (χ2v) is 5.80. The topological polar surface area (TPSA) is 20.2 Å². The van der Waals surface area contributed by atoms with Gasteiger partial charge in [0.1, 0.15) is 5.82 Å². The molecule has 19 heavy (non-hydrogen) atoms. The molecule has 0 amide bonds. The summed E-state index contributed by atoms with van der Waals surface area (Å²) < 4.78 is 14.0. The fourth-order valence-electron chi connectivity index (χ4n) is 2.05. The van der Waals surface area contributed by atoms with Crippen molar-refractivity contribution in [1.29, 1.82) is 0 Å². The van der Waals surface area contributed by atoms with E-state index in [2.05, 4.69) is 20.8 Å². The number of halogens is 1. The predicted octanol–water partition coefficient (Wildman–Crippen LogP) is 4.28. The molecular weight excluding hydrogens is 239 g/mol. The van der Waals surface area contributed by atoms with E-state index >= 15 is 0 Å². The maximum atomic E-state index is 14.0. The zero-order valence-corrected chi connectivity index (χ0v) is 11.6. The van der Waals surface area contributed by atoms with Crippen molar-refractivity contribution in [2.24, 2.45) is 0 Å². The molecule has 0 spiro atoms. The van der Waals surface area contributed by atoms with Crippen molar-refractivity contribution in [3.8, 4) is 11.1 Å². The first kappa shape index (κ1) is 13.8. The monoisotopic (exact) mass is 258 g/mol. The Labute approximate surface area is 113 Å². The molecule has 0 saturated heterocycles. The van der Waals surface area contributed by atoms with E-state index < -0.39 is 0 Å². The third-order valence-corrected chi connectivity index (χ3v) is 3.25. The molecule has 0 heterocycles. The molecule has 2 heteroatoms. The van der Waals surface area contributed by atoms with Gasteiger partial charge in [0.15, 0.2) is 0 Å². The van der Waals surface area contributed by atoms with Crippen molar-refractivity contribution in [2.45, 2.75) is 32.8 Å². The fourth-order valence-corrected chi connectivity index (χ4v) is 2.05. The lowest BCUT2D eigenvalue weighted by Gasteiger charge is -2.20. The molecule has 0 fully saturated rings. The third-order valence-electron chi connectivity index (χ3n) is 3.25. The molecule has 0 saturated carbocycles. The average Bonchev–Trinajstić information content (AvgIpc) is 2.38. The Morgan fingerprint density at radius 1 is 1.05 bits per heavy atom. The largest absolute Gasteiger partial charge is 0.392 e. The standard InChI is InChI=1S/C17H19FO/c1-17(2,3)14-7-8-16(18)15(10-14)13-6-4-5-12(9-13)11-19/h4-10,19H,11H2,1-3H3. The van der Waals surface area contributed by atoms with Gasteiger partial charge in [-0.2, -0.15) is 0 Å². The number of aliphatic hydroxyl groups excluding tert-OH is 1. The van der Waals surface area contributed by atoms with E-state index in [-0.39, 0.29) is 17.8 Å². The molecule has 2 aromatic carbocycles. The summed E-state index contributed by atoms with van der Waals surface area (Å²) in [5, 5.41) is 9.17. The second kappa shape index (κ2) is 5.14. The van der Waals surface area contributed by atoms with E-state index in [4.69, 9.17) is 5.11 Å². The first-order chi connectivity index (χ1) is 8.91. The lowest BCUT2D eigenvalue weighted by atomic mass is 9.85. The highest BCUT2D eigenvalue weighted by atomic mass is 19.1. The van der Waals surface area contributed by atoms with E-state index in [0.717, 1.165) is 16.7 Å². The van der Waals surface area contributed by atoms with Gasteiger partial charge in [-0.25, -0.2) is 4.39 Å². The molecular formula is C17H19FO. The van der Waals surface area contributed by atoms with E-state index in [9.17, 15) is 4.39 Å². The summed E-state index contributed by atoms with van der Waals surface area (Å²) in [7, 11) is 0.